The van der Waals surface area contributed by atoms with Crippen molar-refractivity contribution in [3.63, 3.8) is 0 Å². The molecule has 0 radical (unpaired) electrons. The SMILES string of the molecule is CNc1ccc(N(C(=O)c2ccn3ncc(Br)c3c2)C(C)(C)C)nc1. The molecule has 0 atom stereocenters. The van der Waals surface area contributed by atoms with Gasteiger partial charge in [-0.15, -0.1) is 0 Å². The molecule has 0 aliphatic heterocycles. The van der Waals surface area contributed by atoms with Gasteiger partial charge in [0.05, 0.1) is 28.1 Å². The molecule has 0 saturated heterocycles. The van der Waals surface area contributed by atoms with Crippen LogP contribution in [-0.4, -0.2) is 33.1 Å². The number of rotatable bonds is 3. The Balaban J connectivity index is 2.05. The first kappa shape index (κ1) is 17.4. The van der Waals surface area contributed by atoms with E-state index >= 15 is 0 Å². The van der Waals surface area contributed by atoms with Crippen LogP contribution in [0.25, 0.3) is 5.52 Å². The van der Waals surface area contributed by atoms with Crippen molar-refractivity contribution in [2.45, 2.75) is 26.3 Å². The zero-order chi connectivity index (χ0) is 18.2. The van der Waals surface area contributed by atoms with Gasteiger partial charge in [0.25, 0.3) is 5.91 Å². The predicted molar refractivity (Wildman–Crippen MR) is 103 cm³/mol. The molecule has 3 heterocycles. The van der Waals surface area contributed by atoms with E-state index in [1.165, 1.54) is 0 Å². The normalized spacial score (nSPS) is 11.6. The minimum Gasteiger partial charge on any atom is -0.387 e. The van der Waals surface area contributed by atoms with Crippen LogP contribution in [0, 0.1) is 0 Å². The molecule has 6 nitrogen and oxygen atoms in total. The number of pyridine rings is 2. The lowest BCUT2D eigenvalue weighted by Gasteiger charge is -2.35. The monoisotopic (exact) mass is 401 g/mol. The van der Waals surface area contributed by atoms with Crippen molar-refractivity contribution in [1.29, 1.82) is 0 Å². The zero-order valence-corrected chi connectivity index (χ0v) is 16.2. The van der Waals surface area contributed by atoms with E-state index in [4.69, 9.17) is 0 Å². The van der Waals surface area contributed by atoms with Gasteiger partial charge in [0.2, 0.25) is 0 Å². The third-order valence-corrected chi connectivity index (χ3v) is 4.47. The van der Waals surface area contributed by atoms with Crippen molar-refractivity contribution in [3.05, 3.63) is 52.9 Å². The molecule has 0 spiro atoms. The topological polar surface area (TPSA) is 62.5 Å². The van der Waals surface area contributed by atoms with Crippen LogP contribution in [0.15, 0.2) is 47.3 Å². The number of hydrogen-bond donors (Lipinski definition) is 1. The van der Waals surface area contributed by atoms with E-state index in [1.807, 2.05) is 46.0 Å². The Bertz CT molecular complexity index is 911. The van der Waals surface area contributed by atoms with Crippen LogP contribution < -0.4 is 10.2 Å². The smallest absolute Gasteiger partial charge is 0.260 e. The fourth-order valence-electron chi connectivity index (χ4n) is 2.63. The van der Waals surface area contributed by atoms with Gasteiger partial charge in [-0.25, -0.2) is 9.50 Å². The van der Waals surface area contributed by atoms with Gasteiger partial charge >= 0.3 is 0 Å². The fourth-order valence-corrected chi connectivity index (χ4v) is 3.02. The third kappa shape index (κ3) is 3.37. The summed E-state index contributed by atoms with van der Waals surface area (Å²) in [5.41, 5.74) is 1.91. The molecule has 3 aromatic rings. The van der Waals surface area contributed by atoms with Crippen molar-refractivity contribution in [3.8, 4) is 0 Å². The molecule has 0 unspecified atom stereocenters. The van der Waals surface area contributed by atoms with Crippen molar-refractivity contribution < 1.29 is 4.79 Å². The maximum atomic E-state index is 13.2. The van der Waals surface area contributed by atoms with Crippen LogP contribution in [0.5, 0.6) is 0 Å². The quantitative estimate of drug-likeness (QED) is 0.720. The largest absolute Gasteiger partial charge is 0.387 e. The average molecular weight is 402 g/mol. The Morgan fingerprint density at radius 3 is 2.60 bits per heavy atom. The minimum absolute atomic E-state index is 0.104. The van der Waals surface area contributed by atoms with E-state index < -0.39 is 5.54 Å². The molecule has 0 saturated carbocycles. The number of nitrogens with one attached hydrogen (secondary N) is 1. The highest BCUT2D eigenvalue weighted by Gasteiger charge is 2.30. The Morgan fingerprint density at radius 1 is 1.24 bits per heavy atom. The van der Waals surface area contributed by atoms with E-state index in [0.29, 0.717) is 11.4 Å². The molecular formula is C18H20BrN5O. The highest BCUT2D eigenvalue weighted by atomic mass is 79.9. The van der Waals surface area contributed by atoms with Crippen LogP contribution in [0.1, 0.15) is 31.1 Å². The predicted octanol–water partition coefficient (Wildman–Crippen LogP) is 3.98. The number of aromatic nitrogens is 3. The number of amides is 1. The first-order chi connectivity index (χ1) is 11.8. The summed E-state index contributed by atoms with van der Waals surface area (Å²) >= 11 is 3.46. The summed E-state index contributed by atoms with van der Waals surface area (Å²) in [6.07, 6.45) is 5.22. The van der Waals surface area contributed by atoms with E-state index in [2.05, 4.69) is 31.3 Å². The molecule has 0 bridgehead atoms. The van der Waals surface area contributed by atoms with Gasteiger partial charge in [-0.2, -0.15) is 5.10 Å². The molecule has 3 rings (SSSR count). The van der Waals surface area contributed by atoms with Crippen molar-refractivity contribution in [2.24, 2.45) is 0 Å². The molecule has 0 aliphatic rings. The van der Waals surface area contributed by atoms with Gasteiger partial charge in [-0.1, -0.05) is 0 Å². The summed E-state index contributed by atoms with van der Waals surface area (Å²) in [7, 11) is 1.84. The second kappa shape index (κ2) is 6.48. The number of hydrogen-bond acceptors (Lipinski definition) is 4. The molecule has 0 fully saturated rings. The first-order valence-electron chi connectivity index (χ1n) is 7.92. The van der Waals surface area contributed by atoms with E-state index in [0.717, 1.165) is 15.7 Å². The Labute approximate surface area is 155 Å². The standard InChI is InChI=1S/C18H20BrN5O/c1-18(2,3)24(16-6-5-13(20-4)10-21-16)17(25)12-7-8-23-15(9-12)14(19)11-22-23/h5-11,20H,1-4H3. The van der Waals surface area contributed by atoms with Crippen LogP contribution in [0.3, 0.4) is 0 Å². The van der Waals surface area contributed by atoms with Gasteiger partial charge < -0.3 is 5.32 Å². The summed E-state index contributed by atoms with van der Waals surface area (Å²) in [5, 5.41) is 7.25. The first-order valence-corrected chi connectivity index (χ1v) is 8.72. The van der Waals surface area contributed by atoms with Crippen LogP contribution in [0.4, 0.5) is 11.5 Å². The number of anilines is 2. The molecule has 25 heavy (non-hydrogen) atoms. The molecule has 1 amide bonds. The van der Waals surface area contributed by atoms with Gasteiger partial charge in [0.15, 0.2) is 0 Å². The van der Waals surface area contributed by atoms with E-state index in [9.17, 15) is 4.79 Å². The van der Waals surface area contributed by atoms with Gasteiger partial charge in [-0.3, -0.25) is 9.69 Å². The molecule has 1 N–H and O–H groups in total. The van der Waals surface area contributed by atoms with E-state index in [-0.39, 0.29) is 5.91 Å². The van der Waals surface area contributed by atoms with Crippen LogP contribution in [0.2, 0.25) is 0 Å². The molecule has 7 heteroatoms. The lowest BCUT2D eigenvalue weighted by molar-refractivity contribution is 0.0965. The molecule has 3 aromatic heterocycles. The fraction of sp³-hybridized carbons (Fsp3) is 0.278. The van der Waals surface area contributed by atoms with E-state index in [1.54, 1.807) is 34.1 Å². The average Bonchev–Trinajstić information content (AvgIpc) is 2.95. The highest BCUT2D eigenvalue weighted by Crippen LogP contribution is 2.26. The summed E-state index contributed by atoms with van der Waals surface area (Å²) < 4.78 is 2.57. The second-order valence-electron chi connectivity index (χ2n) is 6.70. The Hall–Kier alpha value is -2.41. The lowest BCUT2D eigenvalue weighted by Crippen LogP contribution is -2.46. The number of halogens is 1. The second-order valence-corrected chi connectivity index (χ2v) is 7.56. The highest BCUT2D eigenvalue weighted by molar-refractivity contribution is 9.10. The summed E-state index contributed by atoms with van der Waals surface area (Å²) in [4.78, 5) is 19.4. The number of carbonyl (C=O) groups is 1. The maximum Gasteiger partial charge on any atom is 0.260 e. The number of fused-ring (bicyclic) bond motifs is 1. The Kier molecular flexibility index (Phi) is 4.51. The number of carbonyl (C=O) groups excluding carboxylic acids is 1. The summed E-state index contributed by atoms with van der Waals surface area (Å²) in [5.74, 6) is 0.511. The molecule has 0 aliphatic carbocycles. The molecular weight excluding hydrogens is 382 g/mol. The zero-order valence-electron chi connectivity index (χ0n) is 14.6. The Morgan fingerprint density at radius 2 is 2.00 bits per heavy atom. The third-order valence-electron chi connectivity index (χ3n) is 3.86. The molecule has 0 aromatic carbocycles. The van der Waals surface area contributed by atoms with Crippen molar-refractivity contribution in [2.75, 3.05) is 17.3 Å². The van der Waals surface area contributed by atoms with Gasteiger partial charge in [0.1, 0.15) is 5.82 Å². The number of nitrogens with zero attached hydrogens (tertiary/aromatic N) is 4. The minimum atomic E-state index is -0.422. The summed E-state index contributed by atoms with van der Waals surface area (Å²) in [6, 6.07) is 7.36. The lowest BCUT2D eigenvalue weighted by atomic mass is 10.0. The summed E-state index contributed by atoms with van der Waals surface area (Å²) in [6.45, 7) is 5.98. The molecule has 130 valence electrons. The maximum absolute atomic E-state index is 13.2. The van der Waals surface area contributed by atoms with Crippen LogP contribution >= 0.6 is 15.9 Å². The van der Waals surface area contributed by atoms with Gasteiger partial charge in [0, 0.05) is 24.3 Å². The van der Waals surface area contributed by atoms with Crippen molar-refractivity contribution >= 4 is 38.9 Å². The van der Waals surface area contributed by atoms with Crippen molar-refractivity contribution in [1.82, 2.24) is 14.6 Å². The van der Waals surface area contributed by atoms with Gasteiger partial charge in [-0.05, 0) is 61.0 Å². The van der Waals surface area contributed by atoms with Crippen LogP contribution in [-0.2, 0) is 0 Å².